The minimum atomic E-state index is -3.04. The third-order valence-electron chi connectivity index (χ3n) is 3.37. The van der Waals surface area contributed by atoms with Crippen molar-refractivity contribution in [3.8, 4) is 6.07 Å². The molecule has 1 N–H and O–H groups in total. The SMILES string of the molecule is N#Cc1ccc(C(=O)NCC(=O)N2CCS(=O)(=O)CC2)cc1. The van der Waals surface area contributed by atoms with E-state index in [1.807, 2.05) is 6.07 Å². The molecule has 0 saturated carbocycles. The van der Waals surface area contributed by atoms with Gasteiger partial charge in [-0.3, -0.25) is 9.59 Å². The third-order valence-corrected chi connectivity index (χ3v) is 4.98. The lowest BCUT2D eigenvalue weighted by molar-refractivity contribution is -0.129. The van der Waals surface area contributed by atoms with E-state index >= 15 is 0 Å². The minimum Gasteiger partial charge on any atom is -0.343 e. The maximum atomic E-state index is 11.9. The number of sulfone groups is 1. The summed E-state index contributed by atoms with van der Waals surface area (Å²) in [5.41, 5.74) is 0.801. The Morgan fingerprint density at radius 3 is 2.32 bits per heavy atom. The Hall–Kier alpha value is -2.40. The summed E-state index contributed by atoms with van der Waals surface area (Å²) in [6.07, 6.45) is 0. The quantitative estimate of drug-likeness (QED) is 0.811. The molecular weight excluding hydrogens is 306 g/mol. The average Bonchev–Trinajstić information content (AvgIpc) is 2.52. The van der Waals surface area contributed by atoms with Gasteiger partial charge in [0.05, 0.1) is 29.7 Å². The molecular formula is C14H15N3O4S. The Balaban J connectivity index is 1.85. The Kier molecular flexibility index (Phi) is 4.78. The number of nitrogens with zero attached hydrogens (tertiary/aromatic N) is 2. The first-order valence-electron chi connectivity index (χ1n) is 6.68. The molecule has 0 aliphatic carbocycles. The topological polar surface area (TPSA) is 107 Å². The van der Waals surface area contributed by atoms with Crippen LogP contribution in [0.2, 0.25) is 0 Å². The van der Waals surface area contributed by atoms with E-state index in [9.17, 15) is 18.0 Å². The largest absolute Gasteiger partial charge is 0.343 e. The first-order valence-corrected chi connectivity index (χ1v) is 8.50. The summed E-state index contributed by atoms with van der Waals surface area (Å²) in [6.45, 7) is 0.140. The Morgan fingerprint density at radius 1 is 1.18 bits per heavy atom. The Morgan fingerprint density at radius 2 is 1.77 bits per heavy atom. The molecule has 7 nitrogen and oxygen atoms in total. The van der Waals surface area contributed by atoms with E-state index in [2.05, 4.69) is 5.32 Å². The number of nitrogens with one attached hydrogen (secondary N) is 1. The van der Waals surface area contributed by atoms with Gasteiger partial charge in [-0.2, -0.15) is 5.26 Å². The van der Waals surface area contributed by atoms with Crippen LogP contribution in [-0.4, -0.2) is 56.3 Å². The van der Waals surface area contributed by atoms with Crippen LogP contribution in [0, 0.1) is 11.3 Å². The number of carbonyl (C=O) groups excluding carboxylic acids is 2. The second kappa shape index (κ2) is 6.58. The van der Waals surface area contributed by atoms with Crippen LogP contribution in [0.15, 0.2) is 24.3 Å². The van der Waals surface area contributed by atoms with Gasteiger partial charge in [-0.1, -0.05) is 0 Å². The second-order valence-corrected chi connectivity index (χ2v) is 7.21. The highest BCUT2D eigenvalue weighted by Gasteiger charge is 2.25. The van der Waals surface area contributed by atoms with Gasteiger partial charge in [-0.15, -0.1) is 0 Å². The first-order chi connectivity index (χ1) is 10.4. The average molecular weight is 321 g/mol. The zero-order valence-electron chi connectivity index (χ0n) is 11.8. The van der Waals surface area contributed by atoms with Gasteiger partial charge in [0.25, 0.3) is 5.91 Å². The summed E-state index contributed by atoms with van der Waals surface area (Å²) >= 11 is 0. The summed E-state index contributed by atoms with van der Waals surface area (Å²) in [4.78, 5) is 25.2. The summed E-state index contributed by atoms with van der Waals surface area (Å²) in [6, 6.07) is 8.00. The summed E-state index contributed by atoms with van der Waals surface area (Å²) in [5, 5.41) is 11.2. The standard InChI is InChI=1S/C14H15N3O4S/c15-9-11-1-3-12(4-2-11)14(19)16-10-13(18)17-5-7-22(20,21)8-6-17/h1-4H,5-8,10H2,(H,16,19). The molecule has 0 radical (unpaired) electrons. The van der Waals surface area contributed by atoms with Crippen LogP contribution in [0.25, 0.3) is 0 Å². The summed E-state index contributed by atoms with van der Waals surface area (Å²) in [7, 11) is -3.04. The van der Waals surface area contributed by atoms with E-state index < -0.39 is 15.7 Å². The zero-order chi connectivity index (χ0) is 16.2. The molecule has 1 aliphatic heterocycles. The van der Waals surface area contributed by atoms with Crippen LogP contribution < -0.4 is 5.32 Å². The molecule has 0 aromatic heterocycles. The monoisotopic (exact) mass is 321 g/mol. The highest BCUT2D eigenvalue weighted by molar-refractivity contribution is 7.91. The van der Waals surface area contributed by atoms with Crippen LogP contribution in [-0.2, 0) is 14.6 Å². The zero-order valence-corrected chi connectivity index (χ0v) is 12.6. The number of carbonyl (C=O) groups is 2. The molecule has 0 unspecified atom stereocenters. The van der Waals surface area contributed by atoms with Crippen LogP contribution in [0.5, 0.6) is 0 Å². The summed E-state index contributed by atoms with van der Waals surface area (Å²) in [5.74, 6) is -0.802. The third kappa shape index (κ3) is 4.05. The molecule has 0 atom stereocenters. The lowest BCUT2D eigenvalue weighted by Gasteiger charge is -2.26. The van der Waals surface area contributed by atoms with E-state index in [0.29, 0.717) is 11.1 Å². The van der Waals surface area contributed by atoms with Crippen LogP contribution in [0.1, 0.15) is 15.9 Å². The highest BCUT2D eigenvalue weighted by atomic mass is 32.2. The number of hydrogen-bond acceptors (Lipinski definition) is 5. The minimum absolute atomic E-state index is 0.0394. The van der Waals surface area contributed by atoms with E-state index in [1.165, 1.54) is 29.2 Å². The fourth-order valence-corrected chi connectivity index (χ4v) is 3.23. The maximum absolute atomic E-state index is 11.9. The van der Waals surface area contributed by atoms with Crippen LogP contribution >= 0.6 is 0 Å². The van der Waals surface area contributed by atoms with Gasteiger partial charge in [-0.25, -0.2) is 8.42 Å². The Labute approximate surface area is 128 Å². The van der Waals surface area contributed by atoms with Crippen molar-refractivity contribution in [2.75, 3.05) is 31.1 Å². The van der Waals surface area contributed by atoms with E-state index in [0.717, 1.165) is 0 Å². The lowest BCUT2D eigenvalue weighted by atomic mass is 10.1. The van der Waals surface area contributed by atoms with Crippen LogP contribution in [0.4, 0.5) is 0 Å². The van der Waals surface area contributed by atoms with Gasteiger partial charge in [0.1, 0.15) is 0 Å². The fraction of sp³-hybridized carbons (Fsp3) is 0.357. The highest BCUT2D eigenvalue weighted by Crippen LogP contribution is 2.05. The molecule has 0 spiro atoms. The first kappa shape index (κ1) is 16.0. The van der Waals surface area contributed by atoms with Gasteiger partial charge >= 0.3 is 0 Å². The van der Waals surface area contributed by atoms with Crippen molar-refractivity contribution in [3.63, 3.8) is 0 Å². The second-order valence-electron chi connectivity index (χ2n) is 4.90. The molecule has 2 rings (SSSR count). The van der Waals surface area contributed by atoms with E-state index in [1.54, 1.807) is 0 Å². The maximum Gasteiger partial charge on any atom is 0.251 e. The van der Waals surface area contributed by atoms with Crippen molar-refractivity contribution in [2.45, 2.75) is 0 Å². The normalized spacial score (nSPS) is 16.6. The molecule has 22 heavy (non-hydrogen) atoms. The lowest BCUT2D eigenvalue weighted by Crippen LogP contribution is -2.47. The van der Waals surface area contributed by atoms with Crippen LogP contribution in [0.3, 0.4) is 0 Å². The number of benzene rings is 1. The van der Waals surface area contributed by atoms with Crippen molar-refractivity contribution in [1.82, 2.24) is 10.2 Å². The molecule has 1 aromatic carbocycles. The van der Waals surface area contributed by atoms with Gasteiger partial charge < -0.3 is 10.2 Å². The number of amides is 2. The Bertz CT molecular complexity index is 705. The fourth-order valence-electron chi connectivity index (χ4n) is 2.03. The molecule has 8 heteroatoms. The van der Waals surface area contributed by atoms with Gasteiger partial charge in [-0.05, 0) is 24.3 Å². The van der Waals surface area contributed by atoms with Crippen molar-refractivity contribution < 1.29 is 18.0 Å². The van der Waals surface area contributed by atoms with Gasteiger partial charge in [0, 0.05) is 18.7 Å². The van der Waals surface area contributed by atoms with Crippen molar-refractivity contribution in [3.05, 3.63) is 35.4 Å². The van der Waals surface area contributed by atoms with Crippen molar-refractivity contribution >= 4 is 21.7 Å². The smallest absolute Gasteiger partial charge is 0.251 e. The number of nitriles is 1. The molecule has 116 valence electrons. The molecule has 1 saturated heterocycles. The molecule has 1 fully saturated rings. The molecule has 0 bridgehead atoms. The molecule has 1 heterocycles. The van der Waals surface area contributed by atoms with E-state index in [4.69, 9.17) is 5.26 Å². The summed E-state index contributed by atoms with van der Waals surface area (Å²) < 4.78 is 22.6. The molecule has 1 aliphatic rings. The van der Waals surface area contributed by atoms with Crippen molar-refractivity contribution in [2.24, 2.45) is 0 Å². The molecule has 1 aromatic rings. The predicted octanol–water partition coefficient (Wildman–Crippen LogP) is -0.455. The van der Waals surface area contributed by atoms with Gasteiger partial charge in [0.15, 0.2) is 9.84 Å². The van der Waals surface area contributed by atoms with Gasteiger partial charge in [0.2, 0.25) is 5.91 Å². The van der Waals surface area contributed by atoms with E-state index in [-0.39, 0.29) is 37.0 Å². The number of hydrogen-bond donors (Lipinski definition) is 1. The van der Waals surface area contributed by atoms with Crippen molar-refractivity contribution in [1.29, 1.82) is 5.26 Å². The number of rotatable bonds is 3. The molecule has 2 amide bonds. The predicted molar refractivity (Wildman–Crippen MR) is 78.7 cm³/mol.